The van der Waals surface area contributed by atoms with Crippen molar-refractivity contribution in [3.63, 3.8) is 0 Å². The van der Waals surface area contributed by atoms with E-state index in [2.05, 4.69) is 36.3 Å². The number of aliphatic carboxylic acids is 1. The Balaban J connectivity index is 1.74. The molecular formula is C25H27ClN4O2. The molecule has 2 heterocycles. The van der Waals surface area contributed by atoms with Gasteiger partial charge in [0.05, 0.1) is 35.1 Å². The van der Waals surface area contributed by atoms with Gasteiger partial charge in [-0.2, -0.15) is 10.2 Å². The third-order valence-electron chi connectivity index (χ3n) is 5.93. The van der Waals surface area contributed by atoms with Crippen molar-refractivity contribution in [2.75, 3.05) is 0 Å². The van der Waals surface area contributed by atoms with Crippen molar-refractivity contribution >= 4 is 28.5 Å². The quantitative estimate of drug-likeness (QED) is 0.375. The van der Waals surface area contributed by atoms with E-state index in [-0.39, 0.29) is 0 Å². The number of halogens is 1. The van der Waals surface area contributed by atoms with Crippen LogP contribution in [0.4, 0.5) is 0 Å². The molecule has 0 atom stereocenters. The number of benzene rings is 2. The minimum atomic E-state index is -0.806. The molecule has 0 spiro atoms. The molecule has 0 unspecified atom stereocenters. The van der Waals surface area contributed by atoms with Crippen LogP contribution < -0.4 is 0 Å². The Bertz CT molecular complexity index is 1270. The highest BCUT2D eigenvalue weighted by molar-refractivity contribution is 6.31. The van der Waals surface area contributed by atoms with Crippen LogP contribution in [0.5, 0.6) is 0 Å². The molecule has 1 N–H and O–H groups in total. The van der Waals surface area contributed by atoms with Gasteiger partial charge in [0.15, 0.2) is 0 Å². The molecule has 0 fully saturated rings. The number of carboxylic acid groups (broad SMARTS) is 1. The molecule has 166 valence electrons. The van der Waals surface area contributed by atoms with Gasteiger partial charge in [0.2, 0.25) is 0 Å². The minimum Gasteiger partial charge on any atom is -0.481 e. The molecule has 0 aliphatic rings. The average Bonchev–Trinajstić information content (AvgIpc) is 3.37. The molecule has 0 saturated heterocycles. The average molecular weight is 451 g/mol. The molecule has 0 aliphatic heterocycles. The van der Waals surface area contributed by atoms with Crippen LogP contribution in [0.1, 0.15) is 38.4 Å². The number of hydrogen-bond donors (Lipinski definition) is 1. The van der Waals surface area contributed by atoms with Crippen molar-refractivity contribution in [3.8, 4) is 11.3 Å². The highest BCUT2D eigenvalue weighted by Crippen LogP contribution is 2.29. The summed E-state index contributed by atoms with van der Waals surface area (Å²) < 4.78 is 3.93. The first-order chi connectivity index (χ1) is 15.3. The van der Waals surface area contributed by atoms with Crippen LogP contribution in [0.15, 0.2) is 54.7 Å². The Labute approximate surface area is 192 Å². The van der Waals surface area contributed by atoms with Crippen molar-refractivity contribution in [2.45, 2.75) is 46.7 Å². The van der Waals surface area contributed by atoms with E-state index >= 15 is 0 Å². The van der Waals surface area contributed by atoms with Gasteiger partial charge in [0, 0.05) is 22.5 Å². The second kappa shape index (κ2) is 8.79. The summed E-state index contributed by atoms with van der Waals surface area (Å²) in [6.07, 6.45) is 2.96. The number of rotatable bonds is 8. The zero-order chi connectivity index (χ0) is 22.9. The monoisotopic (exact) mass is 450 g/mol. The van der Waals surface area contributed by atoms with Gasteiger partial charge in [0.1, 0.15) is 0 Å². The molecule has 2 aromatic heterocycles. The topological polar surface area (TPSA) is 72.9 Å². The van der Waals surface area contributed by atoms with Crippen molar-refractivity contribution in [2.24, 2.45) is 5.41 Å². The van der Waals surface area contributed by atoms with E-state index in [0.29, 0.717) is 24.4 Å². The molecular weight excluding hydrogens is 424 g/mol. The van der Waals surface area contributed by atoms with E-state index in [9.17, 15) is 9.90 Å². The number of aromatic nitrogens is 4. The predicted octanol–water partition coefficient (Wildman–Crippen LogP) is 5.66. The Kier molecular flexibility index (Phi) is 6.07. The number of carboxylic acids is 1. The molecule has 0 amide bonds. The Hall–Kier alpha value is -3.12. The van der Waals surface area contributed by atoms with Gasteiger partial charge in [-0.3, -0.25) is 14.2 Å². The van der Waals surface area contributed by atoms with Crippen LogP contribution in [0.3, 0.4) is 0 Å². The van der Waals surface area contributed by atoms with Crippen LogP contribution in [0.2, 0.25) is 5.02 Å². The van der Waals surface area contributed by atoms with E-state index in [1.54, 1.807) is 13.8 Å². The van der Waals surface area contributed by atoms with E-state index < -0.39 is 11.4 Å². The summed E-state index contributed by atoms with van der Waals surface area (Å²) in [6, 6.07) is 16.1. The first-order valence-corrected chi connectivity index (χ1v) is 11.2. The van der Waals surface area contributed by atoms with Gasteiger partial charge >= 0.3 is 5.97 Å². The van der Waals surface area contributed by atoms with Gasteiger partial charge in [-0.25, -0.2) is 0 Å². The highest BCUT2D eigenvalue weighted by Gasteiger charge is 2.27. The van der Waals surface area contributed by atoms with E-state index in [4.69, 9.17) is 16.7 Å². The first-order valence-electron chi connectivity index (χ1n) is 10.8. The second-order valence-electron chi connectivity index (χ2n) is 8.69. The van der Waals surface area contributed by atoms with E-state index in [0.717, 1.165) is 40.0 Å². The fraction of sp³-hybridized carbons (Fsp3) is 0.320. The molecule has 6 nitrogen and oxygen atoms in total. The number of fused-ring (bicyclic) bond motifs is 1. The fourth-order valence-corrected chi connectivity index (χ4v) is 3.96. The highest BCUT2D eigenvalue weighted by atomic mass is 35.5. The van der Waals surface area contributed by atoms with Crippen LogP contribution in [-0.2, 0) is 24.3 Å². The third kappa shape index (κ3) is 4.41. The van der Waals surface area contributed by atoms with Crippen LogP contribution in [0.25, 0.3) is 22.2 Å². The van der Waals surface area contributed by atoms with Crippen LogP contribution >= 0.6 is 11.6 Å². The van der Waals surface area contributed by atoms with Gasteiger partial charge in [-0.05, 0) is 57.4 Å². The number of aryl methyl sites for hydroxylation is 2. The maximum atomic E-state index is 11.5. The van der Waals surface area contributed by atoms with Crippen molar-refractivity contribution in [1.82, 2.24) is 19.6 Å². The maximum absolute atomic E-state index is 11.5. The largest absolute Gasteiger partial charge is 0.481 e. The molecule has 7 heteroatoms. The Morgan fingerprint density at radius 3 is 2.62 bits per heavy atom. The molecule has 0 bridgehead atoms. The van der Waals surface area contributed by atoms with Gasteiger partial charge in [0.25, 0.3) is 0 Å². The second-order valence-corrected chi connectivity index (χ2v) is 9.10. The number of hydrogen-bond acceptors (Lipinski definition) is 3. The van der Waals surface area contributed by atoms with Gasteiger partial charge < -0.3 is 5.11 Å². The molecule has 0 saturated carbocycles. The summed E-state index contributed by atoms with van der Waals surface area (Å²) in [5, 5.41) is 20.5. The minimum absolute atomic E-state index is 0.506. The lowest BCUT2D eigenvalue weighted by Gasteiger charge is -2.17. The molecule has 4 aromatic rings. The van der Waals surface area contributed by atoms with Gasteiger partial charge in [-0.1, -0.05) is 41.9 Å². The Morgan fingerprint density at radius 2 is 1.91 bits per heavy atom. The lowest BCUT2D eigenvalue weighted by atomic mass is 9.87. The van der Waals surface area contributed by atoms with Crippen LogP contribution in [-0.4, -0.2) is 30.6 Å². The van der Waals surface area contributed by atoms with E-state index in [1.165, 1.54) is 0 Å². The first kappa shape index (κ1) is 22.1. The maximum Gasteiger partial charge on any atom is 0.309 e. The smallest absolute Gasteiger partial charge is 0.309 e. The Morgan fingerprint density at radius 1 is 1.12 bits per heavy atom. The number of carbonyl (C=O) groups is 1. The molecule has 0 radical (unpaired) electrons. The summed E-state index contributed by atoms with van der Waals surface area (Å²) in [5.74, 6) is -0.800. The lowest BCUT2D eigenvalue weighted by molar-refractivity contribution is -0.147. The van der Waals surface area contributed by atoms with Crippen molar-refractivity contribution in [1.29, 1.82) is 0 Å². The standard InChI is InChI=1S/C25H27ClN4O2/c1-4-29-22-13-17(9-10-18(22)15-27-29)23-14-20(11-12-25(2,3)24(31)32)28-30(23)16-19-7-5-6-8-21(19)26/h5-10,13-15H,4,11-12,16H2,1-3H3,(H,31,32). The zero-order valence-corrected chi connectivity index (χ0v) is 19.3. The molecule has 2 aromatic carbocycles. The zero-order valence-electron chi connectivity index (χ0n) is 18.5. The summed E-state index contributed by atoms with van der Waals surface area (Å²) in [5.41, 5.74) is 4.12. The molecule has 0 aliphatic carbocycles. The summed E-state index contributed by atoms with van der Waals surface area (Å²) in [4.78, 5) is 11.5. The number of nitrogens with zero attached hydrogens (tertiary/aromatic N) is 4. The summed E-state index contributed by atoms with van der Waals surface area (Å²) in [6.45, 7) is 6.89. The predicted molar refractivity (Wildman–Crippen MR) is 127 cm³/mol. The van der Waals surface area contributed by atoms with Crippen LogP contribution in [0, 0.1) is 5.41 Å². The summed E-state index contributed by atoms with van der Waals surface area (Å²) in [7, 11) is 0. The van der Waals surface area contributed by atoms with Gasteiger partial charge in [-0.15, -0.1) is 0 Å². The third-order valence-corrected chi connectivity index (χ3v) is 6.30. The summed E-state index contributed by atoms with van der Waals surface area (Å²) >= 11 is 6.42. The normalized spacial score (nSPS) is 11.9. The molecule has 32 heavy (non-hydrogen) atoms. The van der Waals surface area contributed by atoms with Crippen molar-refractivity contribution in [3.05, 3.63) is 71.0 Å². The lowest BCUT2D eigenvalue weighted by Crippen LogP contribution is -2.24. The fourth-order valence-electron chi connectivity index (χ4n) is 3.76. The SMILES string of the molecule is CCn1ncc2ccc(-c3cc(CCC(C)(C)C(=O)O)nn3Cc3ccccc3Cl)cc21. The van der Waals surface area contributed by atoms with E-state index in [1.807, 2.05) is 39.8 Å². The molecule has 4 rings (SSSR count). The van der Waals surface area contributed by atoms with Crippen molar-refractivity contribution < 1.29 is 9.90 Å².